The van der Waals surface area contributed by atoms with Crippen molar-refractivity contribution < 1.29 is 0 Å². The van der Waals surface area contributed by atoms with E-state index in [0.29, 0.717) is 0 Å². The summed E-state index contributed by atoms with van der Waals surface area (Å²) in [6, 6.07) is 10.3. The van der Waals surface area contributed by atoms with Gasteiger partial charge >= 0.3 is 0 Å². The molecule has 2 nitrogen and oxygen atoms in total. The highest BCUT2D eigenvalue weighted by atomic mass is 79.9. The molecule has 0 radical (unpaired) electrons. The van der Waals surface area contributed by atoms with Crippen LogP contribution in [0.3, 0.4) is 0 Å². The van der Waals surface area contributed by atoms with Crippen LogP contribution in [0.4, 0.5) is 0 Å². The molecule has 0 unspecified atom stereocenters. The molecule has 14 heavy (non-hydrogen) atoms. The van der Waals surface area contributed by atoms with Gasteiger partial charge in [-0.25, -0.2) is 0 Å². The lowest BCUT2D eigenvalue weighted by atomic mass is 10.1. The van der Waals surface area contributed by atoms with Gasteiger partial charge in [0.25, 0.3) is 0 Å². The van der Waals surface area contributed by atoms with Gasteiger partial charge < -0.3 is 0 Å². The maximum absolute atomic E-state index is 4.38. The van der Waals surface area contributed by atoms with E-state index < -0.39 is 0 Å². The Morgan fingerprint density at radius 3 is 2.57 bits per heavy atom. The third-order valence-corrected chi connectivity index (χ3v) is 2.73. The molecule has 0 aliphatic carbocycles. The highest BCUT2D eigenvalue weighted by molar-refractivity contribution is 9.10. The molecule has 2 aromatic rings. The first-order valence-electron chi connectivity index (χ1n) is 4.47. The summed E-state index contributed by atoms with van der Waals surface area (Å²) in [5, 5.41) is 4.38. The van der Waals surface area contributed by atoms with Gasteiger partial charge in [0.05, 0.1) is 10.2 Å². The summed E-state index contributed by atoms with van der Waals surface area (Å²) in [5.41, 5.74) is 2.37. The Kier molecular flexibility index (Phi) is 2.68. The molecule has 0 aliphatic rings. The first-order valence-corrected chi connectivity index (χ1v) is 5.27. The Hall–Kier alpha value is -1.09. The first-order chi connectivity index (χ1) is 6.75. The molecule has 0 saturated carbocycles. The molecule has 1 aromatic carbocycles. The molecule has 72 valence electrons. The number of rotatable bonds is 2. The predicted molar refractivity (Wildman–Crippen MR) is 60.2 cm³/mol. The average Bonchev–Trinajstić information content (AvgIpc) is 2.47. The van der Waals surface area contributed by atoms with Gasteiger partial charge in [0.2, 0.25) is 0 Å². The fourth-order valence-corrected chi connectivity index (χ4v) is 1.93. The Morgan fingerprint density at radius 1 is 1.29 bits per heavy atom. The number of halogens is 1. The topological polar surface area (TPSA) is 17.8 Å². The summed E-state index contributed by atoms with van der Waals surface area (Å²) < 4.78 is 2.89. The van der Waals surface area contributed by atoms with Crippen LogP contribution < -0.4 is 0 Å². The Labute approximate surface area is 91.7 Å². The zero-order valence-electron chi connectivity index (χ0n) is 7.94. The van der Waals surface area contributed by atoms with E-state index in [0.717, 1.165) is 16.6 Å². The molecule has 0 amide bonds. The smallest absolute Gasteiger partial charge is 0.0810 e. The Balaban J connectivity index is 2.23. The zero-order valence-corrected chi connectivity index (χ0v) is 9.53. The maximum Gasteiger partial charge on any atom is 0.0810 e. The minimum absolute atomic E-state index is 0.877. The molecular formula is C11H11BrN2. The van der Waals surface area contributed by atoms with Crippen molar-refractivity contribution in [1.29, 1.82) is 0 Å². The molecule has 0 saturated heterocycles. The fourth-order valence-electron chi connectivity index (χ4n) is 1.41. The van der Waals surface area contributed by atoms with Crippen molar-refractivity contribution in [3.05, 3.63) is 52.3 Å². The van der Waals surface area contributed by atoms with E-state index in [9.17, 15) is 0 Å². The quantitative estimate of drug-likeness (QED) is 0.802. The van der Waals surface area contributed by atoms with Crippen LogP contribution >= 0.6 is 15.9 Å². The van der Waals surface area contributed by atoms with E-state index in [1.807, 2.05) is 36.1 Å². The van der Waals surface area contributed by atoms with Crippen LogP contribution in [0.5, 0.6) is 0 Å². The van der Waals surface area contributed by atoms with E-state index in [-0.39, 0.29) is 0 Å². The summed E-state index contributed by atoms with van der Waals surface area (Å²) in [5.74, 6) is 0. The van der Waals surface area contributed by atoms with Crippen LogP contribution in [0.25, 0.3) is 0 Å². The van der Waals surface area contributed by atoms with Crippen molar-refractivity contribution in [2.24, 2.45) is 7.05 Å². The monoisotopic (exact) mass is 250 g/mol. The van der Waals surface area contributed by atoms with E-state index in [2.05, 4.69) is 33.2 Å². The third kappa shape index (κ3) is 2.04. The highest BCUT2D eigenvalue weighted by Gasteiger charge is 2.04. The maximum atomic E-state index is 4.38. The van der Waals surface area contributed by atoms with Gasteiger partial charge in [-0.1, -0.05) is 30.3 Å². The van der Waals surface area contributed by atoms with Gasteiger partial charge in [-0.3, -0.25) is 4.68 Å². The molecule has 0 aliphatic heterocycles. The number of hydrogen-bond acceptors (Lipinski definition) is 1. The summed E-state index contributed by atoms with van der Waals surface area (Å²) in [4.78, 5) is 0. The summed E-state index contributed by atoms with van der Waals surface area (Å²) >= 11 is 3.49. The fraction of sp³-hybridized carbons (Fsp3) is 0.182. The van der Waals surface area contributed by atoms with Gasteiger partial charge in [0, 0.05) is 19.7 Å². The van der Waals surface area contributed by atoms with E-state index >= 15 is 0 Å². The van der Waals surface area contributed by atoms with Gasteiger partial charge in [0.1, 0.15) is 0 Å². The second-order valence-electron chi connectivity index (χ2n) is 3.26. The molecule has 0 N–H and O–H groups in total. The summed E-state index contributed by atoms with van der Waals surface area (Å²) in [6.45, 7) is 0. The van der Waals surface area contributed by atoms with Crippen LogP contribution in [0, 0.1) is 0 Å². The van der Waals surface area contributed by atoms with Crippen LogP contribution in [-0.2, 0) is 13.5 Å². The largest absolute Gasteiger partial charge is 0.274 e. The Morgan fingerprint density at radius 2 is 2.00 bits per heavy atom. The second kappa shape index (κ2) is 3.96. The van der Waals surface area contributed by atoms with Crippen molar-refractivity contribution >= 4 is 15.9 Å². The highest BCUT2D eigenvalue weighted by Crippen LogP contribution is 2.17. The van der Waals surface area contributed by atoms with Crippen molar-refractivity contribution in [2.45, 2.75) is 6.42 Å². The molecule has 3 heteroatoms. The van der Waals surface area contributed by atoms with Crippen LogP contribution in [0.15, 0.2) is 41.0 Å². The lowest BCUT2D eigenvalue weighted by molar-refractivity contribution is 0.749. The third-order valence-electron chi connectivity index (χ3n) is 2.07. The first kappa shape index (κ1) is 9.46. The average molecular weight is 251 g/mol. The Bertz CT molecular complexity index is 420. The molecule has 2 rings (SSSR count). The van der Waals surface area contributed by atoms with Crippen LogP contribution in [0.1, 0.15) is 11.3 Å². The molecule has 0 bridgehead atoms. The predicted octanol–water partition coefficient (Wildman–Crippen LogP) is 2.77. The van der Waals surface area contributed by atoms with E-state index in [1.165, 1.54) is 5.56 Å². The number of aryl methyl sites for hydroxylation is 1. The molecular weight excluding hydrogens is 240 g/mol. The number of aromatic nitrogens is 2. The minimum Gasteiger partial charge on any atom is -0.274 e. The number of benzene rings is 1. The van der Waals surface area contributed by atoms with Gasteiger partial charge in [-0.05, 0) is 21.5 Å². The SMILES string of the molecule is Cn1cc(Br)c(Cc2ccccc2)n1. The van der Waals surface area contributed by atoms with E-state index in [4.69, 9.17) is 0 Å². The summed E-state index contributed by atoms with van der Waals surface area (Å²) in [7, 11) is 1.93. The standard InChI is InChI=1S/C11H11BrN2/c1-14-8-10(12)11(13-14)7-9-5-3-2-4-6-9/h2-6,8H,7H2,1H3. The lowest BCUT2D eigenvalue weighted by Crippen LogP contribution is -1.92. The van der Waals surface area contributed by atoms with Crippen molar-refractivity contribution in [3.8, 4) is 0 Å². The van der Waals surface area contributed by atoms with Gasteiger partial charge in [-0.2, -0.15) is 5.10 Å². The van der Waals surface area contributed by atoms with Crippen molar-refractivity contribution in [1.82, 2.24) is 9.78 Å². The van der Waals surface area contributed by atoms with Gasteiger partial charge in [-0.15, -0.1) is 0 Å². The summed E-state index contributed by atoms with van der Waals surface area (Å²) in [6.07, 6.45) is 2.85. The van der Waals surface area contributed by atoms with Gasteiger partial charge in [0.15, 0.2) is 0 Å². The zero-order chi connectivity index (χ0) is 9.97. The van der Waals surface area contributed by atoms with Crippen molar-refractivity contribution in [2.75, 3.05) is 0 Å². The molecule has 1 aromatic heterocycles. The molecule has 0 spiro atoms. The van der Waals surface area contributed by atoms with Crippen LogP contribution in [0.2, 0.25) is 0 Å². The minimum atomic E-state index is 0.877. The molecule has 1 heterocycles. The second-order valence-corrected chi connectivity index (χ2v) is 4.11. The van der Waals surface area contributed by atoms with Crippen LogP contribution in [-0.4, -0.2) is 9.78 Å². The number of nitrogens with zero attached hydrogens (tertiary/aromatic N) is 2. The lowest BCUT2D eigenvalue weighted by Gasteiger charge is -1.97. The number of hydrogen-bond donors (Lipinski definition) is 0. The normalized spacial score (nSPS) is 10.4. The molecule has 0 fully saturated rings. The van der Waals surface area contributed by atoms with E-state index in [1.54, 1.807) is 0 Å². The molecule has 0 atom stereocenters. The van der Waals surface area contributed by atoms with Crippen molar-refractivity contribution in [3.63, 3.8) is 0 Å².